The van der Waals surface area contributed by atoms with E-state index >= 15 is 0 Å². The molecule has 1 aromatic heterocycles. The number of aromatic hydroxyl groups is 1. The van der Waals surface area contributed by atoms with E-state index in [9.17, 15) is 9.90 Å². The molecule has 5 nitrogen and oxygen atoms in total. The van der Waals surface area contributed by atoms with Crippen LogP contribution in [0.4, 0.5) is 5.69 Å². The lowest BCUT2D eigenvalue weighted by atomic mass is 10.2. The Labute approximate surface area is 128 Å². The Morgan fingerprint density at radius 3 is 2.71 bits per heavy atom. The molecular formula is C15H18ClN3O2. The lowest BCUT2D eigenvalue weighted by Crippen LogP contribution is -2.27. The van der Waals surface area contributed by atoms with Crippen LogP contribution in [0.3, 0.4) is 0 Å². The Kier molecular flexibility index (Phi) is 4.53. The molecule has 0 aliphatic carbocycles. The zero-order valence-electron chi connectivity index (χ0n) is 12.2. The maximum atomic E-state index is 12.4. The number of halogens is 1. The number of nitrogens with one attached hydrogen (secondary N) is 1. The first kappa shape index (κ1) is 15.4. The fraction of sp³-hybridized carbons (Fsp3) is 0.333. The van der Waals surface area contributed by atoms with Crippen molar-refractivity contribution in [2.24, 2.45) is 0 Å². The number of anilines is 1. The average molecular weight is 308 g/mol. The number of rotatable bonds is 4. The summed E-state index contributed by atoms with van der Waals surface area (Å²) in [6, 6.07) is 6.00. The maximum Gasteiger partial charge on any atom is 0.249 e. The van der Waals surface area contributed by atoms with Crippen molar-refractivity contribution < 1.29 is 9.90 Å². The Hall–Kier alpha value is -2.01. The summed E-state index contributed by atoms with van der Waals surface area (Å²) in [5, 5.41) is 17.1. The highest BCUT2D eigenvalue weighted by atomic mass is 35.5. The monoisotopic (exact) mass is 307 g/mol. The van der Waals surface area contributed by atoms with Gasteiger partial charge in [0.1, 0.15) is 11.8 Å². The standard InChI is InChI=1S/C15H18ClN3O2/c1-4-13(19-10(3)14(16)9(2)18-19)15(21)17-11-6-5-7-12(20)8-11/h5-8,13,20H,4H2,1-3H3,(H,17,21). The van der Waals surface area contributed by atoms with Crippen molar-refractivity contribution >= 4 is 23.2 Å². The van der Waals surface area contributed by atoms with Crippen molar-refractivity contribution in [1.29, 1.82) is 0 Å². The molecule has 0 spiro atoms. The topological polar surface area (TPSA) is 67.2 Å². The van der Waals surface area contributed by atoms with Crippen molar-refractivity contribution in [1.82, 2.24) is 9.78 Å². The summed E-state index contributed by atoms with van der Waals surface area (Å²) in [6.07, 6.45) is 0.586. The summed E-state index contributed by atoms with van der Waals surface area (Å²) in [6.45, 7) is 5.56. The van der Waals surface area contributed by atoms with Crippen molar-refractivity contribution in [3.05, 3.63) is 40.7 Å². The van der Waals surface area contributed by atoms with E-state index in [0.717, 1.165) is 5.69 Å². The van der Waals surface area contributed by atoms with Crippen LogP contribution in [0.15, 0.2) is 24.3 Å². The summed E-state index contributed by atoms with van der Waals surface area (Å²) >= 11 is 6.14. The summed E-state index contributed by atoms with van der Waals surface area (Å²) in [4.78, 5) is 12.4. The Bertz CT molecular complexity index is 667. The van der Waals surface area contributed by atoms with E-state index in [0.29, 0.717) is 22.8 Å². The fourth-order valence-electron chi connectivity index (χ4n) is 2.22. The number of hydrogen-bond donors (Lipinski definition) is 2. The van der Waals surface area contributed by atoms with Crippen LogP contribution >= 0.6 is 11.6 Å². The van der Waals surface area contributed by atoms with E-state index in [2.05, 4.69) is 10.4 Å². The number of carbonyl (C=O) groups excluding carboxylic acids is 1. The first-order valence-electron chi connectivity index (χ1n) is 6.75. The van der Waals surface area contributed by atoms with Crippen molar-refractivity contribution in [2.45, 2.75) is 33.2 Å². The first-order valence-corrected chi connectivity index (χ1v) is 7.13. The van der Waals surface area contributed by atoms with Gasteiger partial charge in [-0.25, -0.2) is 0 Å². The molecule has 1 heterocycles. The zero-order chi connectivity index (χ0) is 15.6. The lowest BCUT2D eigenvalue weighted by Gasteiger charge is -2.17. The van der Waals surface area contributed by atoms with Crippen molar-refractivity contribution in [2.75, 3.05) is 5.32 Å². The van der Waals surface area contributed by atoms with E-state index in [4.69, 9.17) is 11.6 Å². The van der Waals surface area contributed by atoms with Crippen LogP contribution in [0.2, 0.25) is 5.02 Å². The third kappa shape index (κ3) is 3.19. The third-order valence-electron chi connectivity index (χ3n) is 3.33. The number of amides is 1. The number of hydrogen-bond acceptors (Lipinski definition) is 3. The second-order valence-corrected chi connectivity index (χ2v) is 5.27. The molecule has 1 aromatic carbocycles. The van der Waals surface area contributed by atoms with Gasteiger partial charge in [-0.3, -0.25) is 9.48 Å². The number of aromatic nitrogens is 2. The normalized spacial score (nSPS) is 12.2. The van der Waals surface area contributed by atoms with E-state index < -0.39 is 6.04 Å². The lowest BCUT2D eigenvalue weighted by molar-refractivity contribution is -0.119. The second kappa shape index (κ2) is 6.18. The number of nitrogens with zero attached hydrogens (tertiary/aromatic N) is 2. The van der Waals surface area contributed by atoms with E-state index in [1.165, 1.54) is 6.07 Å². The molecule has 0 radical (unpaired) electrons. The van der Waals surface area contributed by atoms with Gasteiger partial charge >= 0.3 is 0 Å². The van der Waals surface area contributed by atoms with Crippen LogP contribution in [0.25, 0.3) is 0 Å². The molecular weight excluding hydrogens is 290 g/mol. The van der Waals surface area contributed by atoms with Crippen LogP contribution in [-0.2, 0) is 4.79 Å². The number of aryl methyl sites for hydroxylation is 1. The molecule has 1 atom stereocenters. The molecule has 0 aliphatic heterocycles. The van der Waals surface area contributed by atoms with Crippen LogP contribution in [0.5, 0.6) is 5.75 Å². The molecule has 112 valence electrons. The van der Waals surface area contributed by atoms with Crippen LogP contribution in [-0.4, -0.2) is 20.8 Å². The number of phenolic OH excluding ortho intramolecular Hbond substituents is 1. The predicted molar refractivity (Wildman–Crippen MR) is 82.8 cm³/mol. The number of phenols is 1. The smallest absolute Gasteiger partial charge is 0.249 e. The Morgan fingerprint density at radius 2 is 2.19 bits per heavy atom. The molecule has 1 amide bonds. The van der Waals surface area contributed by atoms with Gasteiger partial charge in [0, 0.05) is 11.8 Å². The van der Waals surface area contributed by atoms with Gasteiger partial charge in [0.05, 0.1) is 16.4 Å². The molecule has 0 saturated carbocycles. The Balaban J connectivity index is 2.24. The molecule has 2 N–H and O–H groups in total. The molecule has 0 aliphatic rings. The van der Waals surface area contributed by atoms with Crippen LogP contribution in [0.1, 0.15) is 30.8 Å². The van der Waals surface area contributed by atoms with Gasteiger partial charge in [-0.05, 0) is 32.4 Å². The molecule has 1 unspecified atom stereocenters. The zero-order valence-corrected chi connectivity index (χ0v) is 13.0. The van der Waals surface area contributed by atoms with Gasteiger partial charge in [-0.2, -0.15) is 5.10 Å². The predicted octanol–water partition coefficient (Wildman–Crippen LogP) is 3.45. The van der Waals surface area contributed by atoms with Gasteiger partial charge in [0.25, 0.3) is 0 Å². The molecule has 2 rings (SSSR count). The van der Waals surface area contributed by atoms with Crippen molar-refractivity contribution in [3.63, 3.8) is 0 Å². The van der Waals surface area contributed by atoms with Crippen LogP contribution < -0.4 is 5.32 Å². The third-order valence-corrected chi connectivity index (χ3v) is 3.88. The minimum Gasteiger partial charge on any atom is -0.508 e. The highest BCUT2D eigenvalue weighted by molar-refractivity contribution is 6.31. The highest BCUT2D eigenvalue weighted by Gasteiger charge is 2.23. The van der Waals surface area contributed by atoms with Gasteiger partial charge in [-0.15, -0.1) is 0 Å². The summed E-state index contributed by atoms with van der Waals surface area (Å²) in [7, 11) is 0. The molecule has 21 heavy (non-hydrogen) atoms. The van der Waals surface area contributed by atoms with Crippen LogP contribution in [0, 0.1) is 13.8 Å². The van der Waals surface area contributed by atoms with E-state index in [1.807, 2.05) is 20.8 Å². The van der Waals surface area contributed by atoms with Gasteiger partial charge in [0.15, 0.2) is 0 Å². The molecule has 0 fully saturated rings. The number of benzene rings is 1. The summed E-state index contributed by atoms with van der Waals surface area (Å²) < 4.78 is 1.65. The van der Waals surface area contributed by atoms with Crippen molar-refractivity contribution in [3.8, 4) is 5.75 Å². The largest absolute Gasteiger partial charge is 0.508 e. The summed E-state index contributed by atoms with van der Waals surface area (Å²) in [5.41, 5.74) is 2.02. The summed E-state index contributed by atoms with van der Waals surface area (Å²) in [5.74, 6) is -0.0830. The number of carbonyl (C=O) groups is 1. The minimum absolute atomic E-state index is 0.106. The second-order valence-electron chi connectivity index (χ2n) is 4.89. The Morgan fingerprint density at radius 1 is 1.48 bits per heavy atom. The quantitative estimate of drug-likeness (QED) is 0.909. The van der Waals surface area contributed by atoms with E-state index in [1.54, 1.807) is 22.9 Å². The van der Waals surface area contributed by atoms with Gasteiger partial charge in [0.2, 0.25) is 5.91 Å². The fourth-order valence-corrected chi connectivity index (χ4v) is 2.35. The van der Waals surface area contributed by atoms with E-state index in [-0.39, 0.29) is 11.7 Å². The molecule has 0 bridgehead atoms. The maximum absolute atomic E-state index is 12.4. The first-order chi connectivity index (χ1) is 9.93. The molecule has 2 aromatic rings. The molecule has 6 heteroatoms. The SMILES string of the molecule is CCC(C(=O)Nc1cccc(O)c1)n1nc(C)c(Cl)c1C. The van der Waals surface area contributed by atoms with Gasteiger partial charge in [-0.1, -0.05) is 24.6 Å². The van der Waals surface area contributed by atoms with Gasteiger partial charge < -0.3 is 10.4 Å². The highest BCUT2D eigenvalue weighted by Crippen LogP contribution is 2.25. The molecule has 0 saturated heterocycles. The minimum atomic E-state index is -0.446. The average Bonchev–Trinajstić information content (AvgIpc) is 2.68.